The van der Waals surface area contributed by atoms with Gasteiger partial charge in [-0.1, -0.05) is 0 Å². The monoisotopic (exact) mass is 393 g/mol. The summed E-state index contributed by atoms with van der Waals surface area (Å²) < 4.78 is 10.4. The summed E-state index contributed by atoms with van der Waals surface area (Å²) in [5, 5.41) is 3.42. The van der Waals surface area contributed by atoms with Gasteiger partial charge in [-0.25, -0.2) is 0 Å². The van der Waals surface area contributed by atoms with Gasteiger partial charge in [0, 0.05) is 33.2 Å². The molecule has 2 rings (SSSR count). The molecule has 0 atom stereocenters. The number of hydrogen-bond acceptors (Lipinski definition) is 3. The van der Waals surface area contributed by atoms with Gasteiger partial charge < -0.3 is 19.4 Å². The molecule has 1 aliphatic heterocycles. The molecule has 114 valence electrons. The average Bonchev–Trinajstić information content (AvgIpc) is 3.10. The predicted octanol–water partition coefficient (Wildman–Crippen LogP) is 2.13. The van der Waals surface area contributed by atoms with Crippen LogP contribution in [0.5, 0.6) is 0 Å². The smallest absolute Gasteiger partial charge is 0.194 e. The molecule has 0 aromatic carbocycles. The van der Waals surface area contributed by atoms with E-state index >= 15 is 0 Å². The third kappa shape index (κ3) is 5.70. The lowest BCUT2D eigenvalue weighted by molar-refractivity contribution is 0.207. The molecule has 0 unspecified atom stereocenters. The average molecular weight is 393 g/mol. The minimum absolute atomic E-state index is 0. The Kier molecular flexibility index (Phi) is 8.68. The molecular formula is C14H24IN3O2. The lowest BCUT2D eigenvalue weighted by Crippen LogP contribution is -2.40. The molecule has 0 amide bonds. The first kappa shape index (κ1) is 17.3. The van der Waals surface area contributed by atoms with E-state index < -0.39 is 0 Å². The van der Waals surface area contributed by atoms with Crippen LogP contribution in [0.4, 0.5) is 0 Å². The van der Waals surface area contributed by atoms with Crippen LogP contribution < -0.4 is 5.32 Å². The van der Waals surface area contributed by atoms with Crippen molar-refractivity contribution in [3.8, 4) is 0 Å². The van der Waals surface area contributed by atoms with Crippen LogP contribution >= 0.6 is 24.0 Å². The number of ether oxygens (including phenoxy) is 1. The summed E-state index contributed by atoms with van der Waals surface area (Å²) in [5.74, 6) is 2.01. The molecule has 1 aliphatic rings. The molecule has 1 fully saturated rings. The van der Waals surface area contributed by atoms with Crippen LogP contribution in [0.2, 0.25) is 0 Å². The van der Waals surface area contributed by atoms with Crippen molar-refractivity contribution in [2.45, 2.75) is 19.3 Å². The number of aliphatic imine (C=N–C) groups is 1. The highest BCUT2D eigenvalue weighted by atomic mass is 127. The van der Waals surface area contributed by atoms with Crippen LogP contribution in [-0.4, -0.2) is 50.8 Å². The lowest BCUT2D eigenvalue weighted by atomic mass is 10.3. The first-order valence-electron chi connectivity index (χ1n) is 6.95. The van der Waals surface area contributed by atoms with Crippen LogP contribution in [0.25, 0.3) is 0 Å². The molecule has 0 spiro atoms. The van der Waals surface area contributed by atoms with E-state index in [0.717, 1.165) is 37.8 Å². The van der Waals surface area contributed by atoms with E-state index in [-0.39, 0.29) is 24.0 Å². The van der Waals surface area contributed by atoms with Gasteiger partial charge in [0.25, 0.3) is 0 Å². The Bertz CT molecular complexity index is 376. The van der Waals surface area contributed by atoms with E-state index in [1.54, 1.807) is 13.4 Å². The van der Waals surface area contributed by atoms with Crippen molar-refractivity contribution in [2.24, 2.45) is 4.99 Å². The molecule has 1 N–H and O–H groups in total. The standard InChI is InChI=1S/C14H23N3O2.HI/c1-18-12-8-16-14(17-9-2-3-10-17)15-7-6-13-5-4-11-19-13;/h4-5,11H,2-3,6-10,12H2,1H3,(H,15,16);1H. The van der Waals surface area contributed by atoms with Crippen molar-refractivity contribution < 1.29 is 9.15 Å². The number of methoxy groups -OCH3 is 1. The number of furan rings is 1. The number of guanidine groups is 1. The van der Waals surface area contributed by atoms with Gasteiger partial charge in [0.1, 0.15) is 5.76 Å². The van der Waals surface area contributed by atoms with Crippen molar-refractivity contribution in [3.63, 3.8) is 0 Å². The van der Waals surface area contributed by atoms with Gasteiger partial charge in [-0.05, 0) is 25.0 Å². The Balaban J connectivity index is 0.00000200. The van der Waals surface area contributed by atoms with Crippen LogP contribution in [0, 0.1) is 0 Å². The van der Waals surface area contributed by atoms with Crippen LogP contribution in [0.3, 0.4) is 0 Å². The molecule has 0 saturated carbocycles. The number of likely N-dealkylation sites (tertiary alicyclic amines) is 1. The number of rotatable bonds is 6. The zero-order valence-electron chi connectivity index (χ0n) is 12.0. The first-order valence-corrected chi connectivity index (χ1v) is 6.95. The molecule has 6 heteroatoms. The normalized spacial score (nSPS) is 15.2. The molecule has 0 bridgehead atoms. The van der Waals surface area contributed by atoms with Crippen molar-refractivity contribution in [1.82, 2.24) is 10.2 Å². The summed E-state index contributed by atoms with van der Waals surface area (Å²) in [7, 11) is 1.70. The Morgan fingerprint density at radius 2 is 2.25 bits per heavy atom. The van der Waals surface area contributed by atoms with Gasteiger partial charge in [0.05, 0.1) is 19.4 Å². The van der Waals surface area contributed by atoms with Crippen molar-refractivity contribution in [3.05, 3.63) is 24.2 Å². The highest BCUT2D eigenvalue weighted by Crippen LogP contribution is 2.07. The Morgan fingerprint density at radius 3 is 2.90 bits per heavy atom. The highest BCUT2D eigenvalue weighted by Gasteiger charge is 2.15. The zero-order valence-corrected chi connectivity index (χ0v) is 14.3. The topological polar surface area (TPSA) is 50.0 Å². The second-order valence-corrected chi connectivity index (χ2v) is 4.65. The van der Waals surface area contributed by atoms with Gasteiger partial charge in [-0.3, -0.25) is 4.99 Å². The number of nitrogens with one attached hydrogen (secondary N) is 1. The number of nitrogens with zero attached hydrogens (tertiary/aromatic N) is 2. The van der Waals surface area contributed by atoms with E-state index in [2.05, 4.69) is 15.2 Å². The van der Waals surface area contributed by atoms with Gasteiger partial charge >= 0.3 is 0 Å². The quantitative estimate of drug-likeness (QED) is 0.348. The molecule has 2 heterocycles. The summed E-state index contributed by atoms with van der Waals surface area (Å²) in [6.07, 6.45) is 5.10. The summed E-state index contributed by atoms with van der Waals surface area (Å²) in [4.78, 5) is 6.91. The molecule has 20 heavy (non-hydrogen) atoms. The minimum Gasteiger partial charge on any atom is -0.469 e. The number of hydrogen-bond donors (Lipinski definition) is 1. The SMILES string of the molecule is COCCN=C(NCCc1ccco1)N1CCCC1.I. The van der Waals surface area contributed by atoms with E-state index in [1.165, 1.54) is 12.8 Å². The Labute approximate surface area is 137 Å². The minimum atomic E-state index is 0. The van der Waals surface area contributed by atoms with Gasteiger partial charge in [-0.2, -0.15) is 0 Å². The van der Waals surface area contributed by atoms with E-state index in [0.29, 0.717) is 13.2 Å². The molecular weight excluding hydrogens is 369 g/mol. The fourth-order valence-electron chi connectivity index (χ4n) is 2.19. The van der Waals surface area contributed by atoms with Crippen LogP contribution in [0.15, 0.2) is 27.8 Å². The Hall–Kier alpha value is -0.760. The molecule has 0 aliphatic carbocycles. The van der Waals surface area contributed by atoms with Crippen molar-refractivity contribution in [1.29, 1.82) is 0 Å². The summed E-state index contributed by atoms with van der Waals surface area (Å²) in [5.41, 5.74) is 0. The van der Waals surface area contributed by atoms with Crippen LogP contribution in [0.1, 0.15) is 18.6 Å². The maximum absolute atomic E-state index is 5.33. The largest absolute Gasteiger partial charge is 0.469 e. The Morgan fingerprint density at radius 1 is 1.45 bits per heavy atom. The molecule has 5 nitrogen and oxygen atoms in total. The third-order valence-electron chi connectivity index (χ3n) is 3.20. The summed E-state index contributed by atoms with van der Waals surface area (Å²) in [6, 6.07) is 3.92. The maximum Gasteiger partial charge on any atom is 0.194 e. The van der Waals surface area contributed by atoms with Gasteiger partial charge in [0.15, 0.2) is 5.96 Å². The highest BCUT2D eigenvalue weighted by molar-refractivity contribution is 14.0. The molecule has 1 aromatic heterocycles. The predicted molar refractivity (Wildman–Crippen MR) is 90.8 cm³/mol. The fraction of sp³-hybridized carbons (Fsp3) is 0.643. The van der Waals surface area contributed by atoms with Crippen molar-refractivity contribution >= 4 is 29.9 Å². The third-order valence-corrected chi connectivity index (χ3v) is 3.20. The van der Waals surface area contributed by atoms with Gasteiger partial charge in [0.2, 0.25) is 0 Å². The fourth-order valence-corrected chi connectivity index (χ4v) is 2.19. The zero-order chi connectivity index (χ0) is 13.3. The van der Waals surface area contributed by atoms with Gasteiger partial charge in [-0.15, -0.1) is 24.0 Å². The second kappa shape index (κ2) is 10.0. The van der Waals surface area contributed by atoms with E-state index in [9.17, 15) is 0 Å². The maximum atomic E-state index is 5.33. The van der Waals surface area contributed by atoms with E-state index in [4.69, 9.17) is 9.15 Å². The second-order valence-electron chi connectivity index (χ2n) is 4.65. The number of halogens is 1. The lowest BCUT2D eigenvalue weighted by Gasteiger charge is -2.21. The van der Waals surface area contributed by atoms with Crippen LogP contribution in [-0.2, 0) is 11.2 Å². The van der Waals surface area contributed by atoms with E-state index in [1.807, 2.05) is 12.1 Å². The summed E-state index contributed by atoms with van der Waals surface area (Å²) in [6.45, 7) is 4.41. The van der Waals surface area contributed by atoms with Crippen molar-refractivity contribution in [2.75, 3.05) is 39.9 Å². The molecule has 1 aromatic rings. The molecule has 0 radical (unpaired) electrons. The molecule has 1 saturated heterocycles. The first-order chi connectivity index (χ1) is 9.40. The summed E-state index contributed by atoms with van der Waals surface area (Å²) >= 11 is 0.